The van der Waals surface area contributed by atoms with Crippen molar-refractivity contribution >= 4 is 16.7 Å². The zero-order valence-corrected chi connectivity index (χ0v) is 18.1. The summed E-state index contributed by atoms with van der Waals surface area (Å²) >= 11 is 0. The van der Waals surface area contributed by atoms with Crippen LogP contribution >= 0.6 is 0 Å². The minimum atomic E-state index is -1.04. The zero-order chi connectivity index (χ0) is 21.5. The first-order valence-electron chi connectivity index (χ1n) is 10.4. The summed E-state index contributed by atoms with van der Waals surface area (Å²) in [5.41, 5.74) is -0.281. The predicted molar refractivity (Wildman–Crippen MR) is 113 cm³/mol. The normalized spacial score (nSPS) is 23.6. The molecule has 4 rings (SSSR count). The first kappa shape index (κ1) is 20.9. The van der Waals surface area contributed by atoms with Crippen LogP contribution in [0.4, 0.5) is 5.82 Å². The van der Waals surface area contributed by atoms with E-state index in [1.54, 1.807) is 14.0 Å². The highest BCUT2D eigenvalue weighted by Gasteiger charge is 2.30. The number of aromatic nitrogens is 2. The molecule has 3 atom stereocenters. The summed E-state index contributed by atoms with van der Waals surface area (Å²) in [5, 5.41) is 23.4. The molecule has 2 aromatic rings. The third kappa shape index (κ3) is 4.10. The van der Waals surface area contributed by atoms with Crippen LogP contribution in [0.15, 0.2) is 12.1 Å². The summed E-state index contributed by atoms with van der Waals surface area (Å²) in [4.78, 5) is 6.64. The number of hydrogen-bond acceptors (Lipinski definition) is 8. The van der Waals surface area contributed by atoms with Crippen LogP contribution in [0, 0.1) is 5.41 Å². The van der Waals surface area contributed by atoms with E-state index in [2.05, 4.69) is 15.2 Å². The number of fused-ring (bicyclic) bond motifs is 3. The summed E-state index contributed by atoms with van der Waals surface area (Å²) < 4.78 is 19.2. The van der Waals surface area contributed by atoms with Crippen molar-refractivity contribution < 1.29 is 19.3 Å². The fourth-order valence-corrected chi connectivity index (χ4v) is 4.45. The van der Waals surface area contributed by atoms with E-state index in [9.17, 15) is 5.11 Å². The molecule has 30 heavy (non-hydrogen) atoms. The number of nitrogens with one attached hydrogen (secondary N) is 2. The Bertz CT molecular complexity index is 980. The second-order valence-corrected chi connectivity index (χ2v) is 8.59. The predicted octanol–water partition coefficient (Wildman–Crippen LogP) is 1.19. The first-order valence-corrected chi connectivity index (χ1v) is 10.4. The third-order valence-electron chi connectivity index (χ3n) is 5.52. The Labute approximate surface area is 176 Å². The van der Waals surface area contributed by atoms with Crippen molar-refractivity contribution in [2.45, 2.75) is 45.1 Å². The van der Waals surface area contributed by atoms with Gasteiger partial charge in [0, 0.05) is 38.1 Å². The Morgan fingerprint density at radius 3 is 2.77 bits per heavy atom. The Morgan fingerprint density at radius 1 is 1.33 bits per heavy atom. The number of nitrogens with zero attached hydrogens (tertiary/aromatic N) is 3. The highest BCUT2D eigenvalue weighted by atomic mass is 16.5. The maximum atomic E-state index is 10.9. The van der Waals surface area contributed by atoms with Gasteiger partial charge < -0.3 is 24.6 Å². The molecule has 9 heteroatoms. The average Bonchev–Trinajstić information content (AvgIpc) is 3.15. The number of β-amino-alcohol motifs (C(OH)–C–C–N with tert-alkyl or cyclic N) is 1. The van der Waals surface area contributed by atoms with Crippen molar-refractivity contribution in [1.82, 2.24) is 14.5 Å². The number of anilines is 1. The van der Waals surface area contributed by atoms with Gasteiger partial charge >= 0.3 is 0 Å². The van der Waals surface area contributed by atoms with Crippen LogP contribution in [-0.2, 0) is 11.3 Å². The van der Waals surface area contributed by atoms with E-state index >= 15 is 0 Å². The van der Waals surface area contributed by atoms with Crippen LogP contribution in [0.2, 0.25) is 0 Å². The highest BCUT2D eigenvalue weighted by Crippen LogP contribution is 2.37. The van der Waals surface area contributed by atoms with E-state index in [1.807, 2.05) is 30.5 Å². The Morgan fingerprint density at radius 2 is 2.07 bits per heavy atom. The van der Waals surface area contributed by atoms with Gasteiger partial charge in [-0.15, -0.1) is 0 Å². The molecule has 0 bridgehead atoms. The average molecular weight is 418 g/mol. The number of ether oxygens (including phenoxy) is 3. The molecule has 9 nitrogen and oxygen atoms in total. The first-order chi connectivity index (χ1) is 14.3. The van der Waals surface area contributed by atoms with Gasteiger partial charge in [0.1, 0.15) is 23.5 Å². The largest absolute Gasteiger partial charge is 0.491 e. The molecule has 0 amide bonds. The Hall–Kier alpha value is -2.36. The van der Waals surface area contributed by atoms with Crippen molar-refractivity contribution in [3.8, 4) is 11.5 Å². The lowest BCUT2D eigenvalue weighted by Crippen LogP contribution is -2.52. The number of hydrogen-bond donors (Lipinski definition) is 3. The summed E-state index contributed by atoms with van der Waals surface area (Å²) in [6.45, 7) is 9.53. The molecule has 3 heterocycles. The smallest absolute Gasteiger partial charge is 0.224 e. The number of aliphatic hydroxyl groups is 1. The van der Waals surface area contributed by atoms with Gasteiger partial charge in [-0.2, -0.15) is 0 Å². The minimum absolute atomic E-state index is 0.112. The van der Waals surface area contributed by atoms with Crippen molar-refractivity contribution in [2.75, 3.05) is 45.2 Å². The van der Waals surface area contributed by atoms with Crippen LogP contribution in [0.1, 0.15) is 20.8 Å². The van der Waals surface area contributed by atoms with Gasteiger partial charge in [0.15, 0.2) is 11.5 Å². The highest BCUT2D eigenvalue weighted by molar-refractivity contribution is 5.95. The molecule has 0 spiro atoms. The van der Waals surface area contributed by atoms with E-state index in [0.29, 0.717) is 23.6 Å². The molecule has 2 aliphatic rings. The number of benzene rings is 1. The minimum Gasteiger partial charge on any atom is -0.491 e. The topological polar surface area (TPSA) is 105 Å². The quantitative estimate of drug-likeness (QED) is 0.648. The summed E-state index contributed by atoms with van der Waals surface area (Å²) in [5.74, 6) is 1.85. The van der Waals surface area contributed by atoms with Crippen molar-refractivity contribution in [3.63, 3.8) is 0 Å². The zero-order valence-electron chi connectivity index (χ0n) is 18.1. The molecule has 1 aromatic carbocycles. The molecule has 1 fully saturated rings. The number of morpholine rings is 1. The van der Waals surface area contributed by atoms with Crippen LogP contribution < -0.4 is 20.4 Å². The lowest BCUT2D eigenvalue weighted by Gasteiger charge is -2.38. The maximum Gasteiger partial charge on any atom is 0.224 e. The Balaban J connectivity index is 1.53. The molecule has 1 saturated heterocycles. The van der Waals surface area contributed by atoms with E-state index in [-0.39, 0.29) is 24.4 Å². The SMILES string of the molecule is COc1c(OCC(C)(O)CN2CC(C)OC(C)C2)ccc2c3n(c(=N)nc12)CCN3. The van der Waals surface area contributed by atoms with Crippen LogP contribution in [0.25, 0.3) is 10.9 Å². The monoisotopic (exact) mass is 417 g/mol. The molecule has 0 saturated carbocycles. The van der Waals surface area contributed by atoms with Crippen molar-refractivity contribution in [1.29, 1.82) is 5.41 Å². The van der Waals surface area contributed by atoms with E-state index < -0.39 is 5.60 Å². The summed E-state index contributed by atoms with van der Waals surface area (Å²) in [6, 6.07) is 3.76. The fourth-order valence-electron chi connectivity index (χ4n) is 4.45. The van der Waals surface area contributed by atoms with Gasteiger partial charge in [-0.05, 0) is 32.9 Å². The summed E-state index contributed by atoms with van der Waals surface area (Å²) in [7, 11) is 1.56. The van der Waals surface area contributed by atoms with Gasteiger partial charge in [-0.1, -0.05) is 0 Å². The maximum absolute atomic E-state index is 10.9. The van der Waals surface area contributed by atoms with Gasteiger partial charge in [0.05, 0.1) is 19.3 Å². The fraction of sp³-hybridized carbons (Fsp3) is 0.619. The van der Waals surface area contributed by atoms with Gasteiger partial charge in [0.25, 0.3) is 0 Å². The van der Waals surface area contributed by atoms with E-state index in [4.69, 9.17) is 19.6 Å². The van der Waals surface area contributed by atoms with Crippen LogP contribution in [-0.4, -0.2) is 77.3 Å². The second kappa shape index (κ2) is 8.05. The molecule has 1 aromatic heterocycles. The van der Waals surface area contributed by atoms with E-state index in [0.717, 1.165) is 37.4 Å². The van der Waals surface area contributed by atoms with Crippen molar-refractivity contribution in [3.05, 3.63) is 17.8 Å². The van der Waals surface area contributed by atoms with Crippen LogP contribution in [0.3, 0.4) is 0 Å². The molecule has 0 aliphatic carbocycles. The van der Waals surface area contributed by atoms with Gasteiger partial charge in [-0.3, -0.25) is 14.9 Å². The molecular formula is C21H31N5O4. The third-order valence-corrected chi connectivity index (χ3v) is 5.52. The van der Waals surface area contributed by atoms with Crippen molar-refractivity contribution in [2.24, 2.45) is 0 Å². The summed E-state index contributed by atoms with van der Waals surface area (Å²) in [6.07, 6.45) is 0.286. The number of rotatable bonds is 6. The van der Waals surface area contributed by atoms with Crippen LogP contribution in [0.5, 0.6) is 11.5 Å². The molecule has 2 aliphatic heterocycles. The molecule has 3 unspecified atom stereocenters. The van der Waals surface area contributed by atoms with E-state index in [1.165, 1.54) is 0 Å². The second-order valence-electron chi connectivity index (χ2n) is 8.59. The molecule has 3 N–H and O–H groups in total. The number of methoxy groups -OCH3 is 1. The molecular weight excluding hydrogens is 386 g/mol. The molecule has 0 radical (unpaired) electrons. The molecule has 164 valence electrons. The Kier molecular flexibility index (Phi) is 5.61. The standard InChI is InChI=1S/C21H31N5O4/c1-13-9-25(10-14(2)30-13)11-21(3,27)12-29-16-6-5-15-17(18(16)28-4)24-20(22)26-8-7-23-19(15)26/h5-6,13-14,22-23,27H,7-12H2,1-4H3. The lowest BCUT2D eigenvalue weighted by molar-refractivity contribution is -0.0952. The lowest BCUT2D eigenvalue weighted by atomic mass is 10.1. The van der Waals surface area contributed by atoms with Gasteiger partial charge in [-0.25, -0.2) is 4.98 Å². The van der Waals surface area contributed by atoms with Gasteiger partial charge in [0.2, 0.25) is 5.62 Å².